The second kappa shape index (κ2) is 11.9. The molecular formula is C29H38F2N6O2. The topological polar surface area (TPSA) is 76.4 Å². The van der Waals surface area contributed by atoms with Gasteiger partial charge in [-0.25, -0.2) is 23.7 Å². The maximum Gasteiger partial charge on any atom is 0.296 e. The lowest BCUT2D eigenvalue weighted by atomic mass is 9.82. The Bertz CT molecular complexity index is 1300. The van der Waals surface area contributed by atoms with Crippen molar-refractivity contribution in [2.75, 3.05) is 38.3 Å². The maximum absolute atomic E-state index is 14.2. The third-order valence-corrected chi connectivity index (χ3v) is 8.21. The standard InChI is InChI=1S/C29H38F2N6O2/c1-19-7-12-23-24(17-19)37(29(32-23)28(30)31)27-18-26(36-13-15-39-16-14-36)33-25(34-27)6-4-5-21-8-10-22(11-9-21)35(3)20(2)38/h7,12,17-18,21-22,28H,4-6,8-11,13-16H2,1-3H3. The summed E-state index contributed by atoms with van der Waals surface area (Å²) < 4.78 is 35.3. The van der Waals surface area contributed by atoms with Gasteiger partial charge in [-0.15, -0.1) is 0 Å². The Morgan fingerprint density at radius 1 is 1.08 bits per heavy atom. The monoisotopic (exact) mass is 540 g/mol. The number of nitrogens with zero attached hydrogens (tertiary/aromatic N) is 6. The molecule has 0 radical (unpaired) electrons. The van der Waals surface area contributed by atoms with Crippen molar-refractivity contribution in [3.8, 4) is 5.82 Å². The molecule has 1 aliphatic carbocycles. The smallest absolute Gasteiger partial charge is 0.296 e. The quantitative estimate of drug-likeness (QED) is 0.388. The number of aryl methyl sites for hydroxylation is 2. The molecule has 8 nitrogen and oxygen atoms in total. The van der Waals surface area contributed by atoms with Gasteiger partial charge in [-0.05, 0) is 62.6 Å². The summed E-state index contributed by atoms with van der Waals surface area (Å²) in [5, 5.41) is 0. The predicted octanol–water partition coefficient (Wildman–Crippen LogP) is 5.26. The number of hydrogen-bond acceptors (Lipinski definition) is 6. The van der Waals surface area contributed by atoms with E-state index in [1.54, 1.807) is 19.1 Å². The highest BCUT2D eigenvalue weighted by molar-refractivity contribution is 5.79. The molecular weight excluding hydrogens is 502 g/mol. The van der Waals surface area contributed by atoms with E-state index >= 15 is 0 Å². The second-order valence-electron chi connectivity index (χ2n) is 10.9. The average molecular weight is 541 g/mol. The number of fused-ring (bicyclic) bond motifs is 1. The lowest BCUT2D eigenvalue weighted by Crippen LogP contribution is -2.38. The van der Waals surface area contributed by atoms with Crippen molar-refractivity contribution >= 4 is 22.8 Å². The van der Waals surface area contributed by atoms with E-state index in [0.29, 0.717) is 67.4 Å². The number of benzene rings is 1. The summed E-state index contributed by atoms with van der Waals surface area (Å²) in [6.07, 6.45) is 4.23. The van der Waals surface area contributed by atoms with E-state index in [9.17, 15) is 13.6 Å². The van der Waals surface area contributed by atoms with Crippen LogP contribution in [0, 0.1) is 12.8 Å². The van der Waals surface area contributed by atoms with Gasteiger partial charge in [0.1, 0.15) is 17.5 Å². The molecule has 2 aromatic heterocycles. The average Bonchev–Trinajstić information content (AvgIpc) is 3.32. The zero-order valence-electron chi connectivity index (χ0n) is 23.1. The SMILES string of the molecule is CC(=O)N(C)C1CCC(CCCc2nc(N3CCOCC3)cc(-n3c(C(F)F)nc4ccc(C)cc43)n2)CC1. The van der Waals surface area contributed by atoms with Crippen LogP contribution in [0.2, 0.25) is 0 Å². The largest absolute Gasteiger partial charge is 0.378 e. The number of rotatable bonds is 8. The Labute approximate surface area is 228 Å². The normalized spacial score (nSPS) is 20.1. The molecule has 3 heterocycles. The van der Waals surface area contributed by atoms with E-state index in [4.69, 9.17) is 14.7 Å². The van der Waals surface area contributed by atoms with Crippen LogP contribution >= 0.6 is 0 Å². The molecule has 1 amide bonds. The molecule has 210 valence electrons. The molecule has 1 aromatic carbocycles. The molecule has 39 heavy (non-hydrogen) atoms. The van der Waals surface area contributed by atoms with Gasteiger partial charge < -0.3 is 14.5 Å². The molecule has 0 atom stereocenters. The minimum atomic E-state index is -2.74. The molecule has 10 heteroatoms. The van der Waals surface area contributed by atoms with E-state index in [-0.39, 0.29) is 11.7 Å². The first-order chi connectivity index (χ1) is 18.8. The number of morpholine rings is 1. The summed E-state index contributed by atoms with van der Waals surface area (Å²) in [7, 11) is 1.90. The van der Waals surface area contributed by atoms with Crippen molar-refractivity contribution in [3.63, 3.8) is 0 Å². The fourth-order valence-electron chi connectivity index (χ4n) is 5.87. The van der Waals surface area contributed by atoms with Crippen LogP contribution in [-0.2, 0) is 16.0 Å². The van der Waals surface area contributed by atoms with Crippen LogP contribution in [0.15, 0.2) is 24.3 Å². The summed E-state index contributed by atoms with van der Waals surface area (Å²) >= 11 is 0. The first kappa shape index (κ1) is 27.4. The molecule has 2 fully saturated rings. The lowest BCUT2D eigenvalue weighted by Gasteiger charge is -2.34. The second-order valence-corrected chi connectivity index (χ2v) is 10.9. The summed E-state index contributed by atoms with van der Waals surface area (Å²) in [5.41, 5.74) is 2.11. The fraction of sp³-hybridized carbons (Fsp3) is 0.586. The molecule has 2 aliphatic rings. The highest BCUT2D eigenvalue weighted by Gasteiger charge is 2.26. The Kier molecular flexibility index (Phi) is 8.40. The van der Waals surface area contributed by atoms with Gasteiger partial charge in [-0.1, -0.05) is 12.5 Å². The van der Waals surface area contributed by atoms with E-state index in [1.165, 1.54) is 4.57 Å². The number of alkyl halides is 2. The number of aromatic nitrogens is 4. The molecule has 5 rings (SSSR count). The number of imidazole rings is 1. The number of ether oxygens (including phenoxy) is 1. The summed E-state index contributed by atoms with van der Waals surface area (Å²) in [6.45, 7) is 6.16. The molecule has 1 saturated heterocycles. The summed E-state index contributed by atoms with van der Waals surface area (Å²) in [6, 6.07) is 7.68. The Balaban J connectivity index is 1.38. The maximum atomic E-state index is 14.2. The lowest BCUT2D eigenvalue weighted by molar-refractivity contribution is -0.130. The van der Waals surface area contributed by atoms with Crippen molar-refractivity contribution in [1.82, 2.24) is 24.4 Å². The van der Waals surface area contributed by atoms with Crippen LogP contribution in [-0.4, -0.2) is 69.7 Å². The molecule has 1 aliphatic heterocycles. The van der Waals surface area contributed by atoms with Gasteiger partial charge in [0.2, 0.25) is 5.91 Å². The minimum Gasteiger partial charge on any atom is -0.378 e. The van der Waals surface area contributed by atoms with E-state index in [0.717, 1.165) is 49.9 Å². The Hall–Kier alpha value is -3.14. The minimum absolute atomic E-state index is 0.127. The van der Waals surface area contributed by atoms with Gasteiger partial charge in [0.15, 0.2) is 5.82 Å². The fourth-order valence-corrected chi connectivity index (χ4v) is 5.87. The van der Waals surface area contributed by atoms with Crippen LogP contribution in [0.1, 0.15) is 69.1 Å². The van der Waals surface area contributed by atoms with Crippen molar-refractivity contribution in [2.45, 2.75) is 71.3 Å². The molecule has 0 spiro atoms. The summed E-state index contributed by atoms with van der Waals surface area (Å²) in [5.74, 6) is 2.27. The molecule has 3 aromatic rings. The van der Waals surface area contributed by atoms with Gasteiger partial charge in [0, 0.05) is 45.6 Å². The van der Waals surface area contributed by atoms with Crippen LogP contribution < -0.4 is 4.90 Å². The van der Waals surface area contributed by atoms with Crippen molar-refractivity contribution < 1.29 is 18.3 Å². The van der Waals surface area contributed by atoms with Crippen molar-refractivity contribution in [1.29, 1.82) is 0 Å². The Morgan fingerprint density at radius 3 is 2.49 bits per heavy atom. The number of carbonyl (C=O) groups is 1. The number of anilines is 1. The van der Waals surface area contributed by atoms with E-state index in [2.05, 4.69) is 9.88 Å². The van der Waals surface area contributed by atoms with Crippen LogP contribution in [0.5, 0.6) is 0 Å². The first-order valence-electron chi connectivity index (χ1n) is 14.0. The highest BCUT2D eigenvalue weighted by Crippen LogP contribution is 2.32. The molecule has 1 saturated carbocycles. The number of halogens is 2. The summed E-state index contributed by atoms with van der Waals surface area (Å²) in [4.78, 5) is 29.6. The van der Waals surface area contributed by atoms with Gasteiger partial charge in [0.05, 0.1) is 24.2 Å². The third-order valence-electron chi connectivity index (χ3n) is 8.21. The third kappa shape index (κ3) is 6.21. The van der Waals surface area contributed by atoms with E-state index in [1.807, 2.05) is 31.0 Å². The van der Waals surface area contributed by atoms with Crippen LogP contribution in [0.25, 0.3) is 16.9 Å². The zero-order chi connectivity index (χ0) is 27.5. The highest BCUT2D eigenvalue weighted by atomic mass is 19.3. The van der Waals surface area contributed by atoms with Crippen molar-refractivity contribution in [3.05, 3.63) is 41.5 Å². The van der Waals surface area contributed by atoms with E-state index < -0.39 is 6.43 Å². The number of hydrogen-bond donors (Lipinski definition) is 0. The molecule has 0 unspecified atom stereocenters. The van der Waals surface area contributed by atoms with Gasteiger partial charge >= 0.3 is 0 Å². The van der Waals surface area contributed by atoms with Gasteiger partial charge in [0.25, 0.3) is 6.43 Å². The van der Waals surface area contributed by atoms with Crippen LogP contribution in [0.4, 0.5) is 14.6 Å². The molecule has 0 bridgehead atoms. The predicted molar refractivity (Wildman–Crippen MR) is 147 cm³/mol. The Morgan fingerprint density at radius 2 is 1.79 bits per heavy atom. The first-order valence-corrected chi connectivity index (χ1v) is 14.0. The number of carbonyl (C=O) groups excluding carboxylic acids is 1. The molecule has 0 N–H and O–H groups in total. The van der Waals surface area contributed by atoms with Gasteiger partial charge in [-0.2, -0.15) is 0 Å². The number of amides is 1. The van der Waals surface area contributed by atoms with Crippen molar-refractivity contribution in [2.24, 2.45) is 5.92 Å². The zero-order valence-corrected chi connectivity index (χ0v) is 23.1. The van der Waals surface area contributed by atoms with Crippen LogP contribution in [0.3, 0.4) is 0 Å². The van der Waals surface area contributed by atoms with Gasteiger partial charge in [-0.3, -0.25) is 9.36 Å².